The van der Waals surface area contributed by atoms with Gasteiger partial charge in [-0.1, -0.05) is 24.5 Å². The SMILES string of the molecule is COc1ccc(NC(=O)c2nc(N[C@H]3CCCC[C@H]3N=C3CCCN3)c3cc(C)ccc3n2)cc1. The third kappa shape index (κ3) is 5.37. The lowest BCUT2D eigenvalue weighted by atomic mass is 9.90. The lowest BCUT2D eigenvalue weighted by Gasteiger charge is -2.30. The number of aromatic nitrogens is 2. The van der Waals surface area contributed by atoms with Crippen LogP contribution >= 0.6 is 0 Å². The van der Waals surface area contributed by atoms with Gasteiger partial charge in [-0.05, 0) is 62.6 Å². The van der Waals surface area contributed by atoms with Gasteiger partial charge in [-0.2, -0.15) is 0 Å². The lowest BCUT2D eigenvalue weighted by molar-refractivity contribution is 0.101. The van der Waals surface area contributed by atoms with E-state index in [1.165, 1.54) is 6.42 Å². The van der Waals surface area contributed by atoms with Crippen molar-refractivity contribution in [3.63, 3.8) is 0 Å². The first-order valence-corrected chi connectivity index (χ1v) is 12.4. The quantitative estimate of drug-likeness (QED) is 0.481. The van der Waals surface area contributed by atoms with E-state index in [4.69, 9.17) is 14.7 Å². The van der Waals surface area contributed by atoms with Crippen LogP contribution in [0.2, 0.25) is 0 Å². The predicted octanol–water partition coefficient (Wildman–Crippen LogP) is 4.70. The smallest absolute Gasteiger partial charge is 0.293 e. The van der Waals surface area contributed by atoms with E-state index in [1.807, 2.05) is 12.1 Å². The summed E-state index contributed by atoms with van der Waals surface area (Å²) in [4.78, 5) is 27.4. The molecule has 2 aliphatic rings. The van der Waals surface area contributed by atoms with Crippen molar-refractivity contribution in [3.05, 3.63) is 53.9 Å². The molecule has 1 saturated carbocycles. The number of anilines is 2. The van der Waals surface area contributed by atoms with Crippen LogP contribution < -0.4 is 20.7 Å². The molecule has 0 bridgehead atoms. The number of rotatable bonds is 6. The zero-order valence-electron chi connectivity index (χ0n) is 20.3. The van der Waals surface area contributed by atoms with E-state index in [0.717, 1.165) is 66.7 Å². The number of benzene rings is 2. The van der Waals surface area contributed by atoms with Crippen molar-refractivity contribution < 1.29 is 9.53 Å². The molecule has 0 spiro atoms. The number of hydrogen-bond acceptors (Lipinski definition) is 6. The van der Waals surface area contributed by atoms with Crippen LogP contribution in [0.3, 0.4) is 0 Å². The van der Waals surface area contributed by atoms with Crippen LogP contribution in [0.5, 0.6) is 5.75 Å². The Morgan fingerprint density at radius 2 is 1.91 bits per heavy atom. The average molecular weight is 473 g/mol. The van der Waals surface area contributed by atoms with Crippen molar-refractivity contribution >= 4 is 34.2 Å². The van der Waals surface area contributed by atoms with Gasteiger partial charge in [0.25, 0.3) is 5.91 Å². The summed E-state index contributed by atoms with van der Waals surface area (Å²) >= 11 is 0. The minimum Gasteiger partial charge on any atom is -0.497 e. The van der Waals surface area contributed by atoms with Gasteiger partial charge in [-0.3, -0.25) is 9.79 Å². The standard InChI is InChI=1S/C27H32N6O2/c1-17-9-14-21-20(16-17)25(32-23-7-4-3-6-22(23)30-24-8-5-15-28-24)33-26(31-21)27(34)29-18-10-12-19(35-2)13-11-18/h9-14,16,22-23H,3-8,15H2,1-2H3,(H,28,30)(H,29,34)(H,31,32,33)/t22-,23+/m1/s1. The molecule has 3 N–H and O–H groups in total. The molecule has 1 aliphatic heterocycles. The van der Waals surface area contributed by atoms with Gasteiger partial charge in [0, 0.05) is 30.1 Å². The highest BCUT2D eigenvalue weighted by Gasteiger charge is 2.27. The molecule has 3 aromatic rings. The molecule has 35 heavy (non-hydrogen) atoms. The lowest BCUT2D eigenvalue weighted by Crippen LogP contribution is -2.37. The van der Waals surface area contributed by atoms with Gasteiger partial charge in [-0.25, -0.2) is 9.97 Å². The molecule has 2 aromatic carbocycles. The van der Waals surface area contributed by atoms with E-state index >= 15 is 0 Å². The fourth-order valence-electron chi connectivity index (χ4n) is 4.81. The van der Waals surface area contributed by atoms with Gasteiger partial charge in [0.1, 0.15) is 11.6 Å². The first-order valence-electron chi connectivity index (χ1n) is 12.4. The second-order valence-electron chi connectivity index (χ2n) is 9.31. The maximum Gasteiger partial charge on any atom is 0.293 e. The number of nitrogens with one attached hydrogen (secondary N) is 3. The van der Waals surface area contributed by atoms with Crippen molar-refractivity contribution in [1.82, 2.24) is 15.3 Å². The Bertz CT molecular complexity index is 1230. The van der Waals surface area contributed by atoms with E-state index in [-0.39, 0.29) is 23.8 Å². The van der Waals surface area contributed by atoms with Crippen molar-refractivity contribution in [3.8, 4) is 5.75 Å². The van der Waals surface area contributed by atoms with Crippen LogP contribution in [0, 0.1) is 6.92 Å². The highest BCUT2D eigenvalue weighted by atomic mass is 16.5. The molecular formula is C27H32N6O2. The summed E-state index contributed by atoms with van der Waals surface area (Å²) in [7, 11) is 1.61. The zero-order valence-corrected chi connectivity index (χ0v) is 20.3. The molecule has 8 nitrogen and oxygen atoms in total. The maximum atomic E-state index is 13.1. The molecule has 1 aliphatic carbocycles. The average Bonchev–Trinajstić information content (AvgIpc) is 3.39. The number of fused-ring (bicyclic) bond motifs is 1. The topological polar surface area (TPSA) is 101 Å². The Morgan fingerprint density at radius 3 is 2.69 bits per heavy atom. The summed E-state index contributed by atoms with van der Waals surface area (Å²) in [5, 5.41) is 10.9. The fraction of sp³-hybridized carbons (Fsp3) is 0.407. The summed E-state index contributed by atoms with van der Waals surface area (Å²) in [5.74, 6) is 2.32. The normalized spacial score (nSPS) is 21.0. The second-order valence-corrected chi connectivity index (χ2v) is 9.31. The van der Waals surface area contributed by atoms with Gasteiger partial charge < -0.3 is 20.7 Å². The summed E-state index contributed by atoms with van der Waals surface area (Å²) < 4.78 is 5.20. The van der Waals surface area contributed by atoms with Crippen LogP contribution in [-0.4, -0.2) is 47.4 Å². The molecule has 5 rings (SSSR count). The number of methoxy groups -OCH3 is 1. The first-order chi connectivity index (χ1) is 17.1. The third-order valence-corrected chi connectivity index (χ3v) is 6.69. The largest absolute Gasteiger partial charge is 0.497 e. The minimum absolute atomic E-state index is 0.135. The van der Waals surface area contributed by atoms with E-state index in [9.17, 15) is 4.79 Å². The molecule has 2 fully saturated rings. The first kappa shape index (κ1) is 23.1. The number of amides is 1. The molecule has 2 atom stereocenters. The third-order valence-electron chi connectivity index (χ3n) is 6.69. The molecule has 0 radical (unpaired) electrons. The van der Waals surface area contributed by atoms with Gasteiger partial charge in [0.05, 0.1) is 24.5 Å². The number of amidine groups is 1. The van der Waals surface area contributed by atoms with Crippen molar-refractivity contribution in [2.45, 2.75) is 57.5 Å². The minimum atomic E-state index is -0.351. The molecular weight excluding hydrogens is 440 g/mol. The van der Waals surface area contributed by atoms with Crippen LogP contribution in [0.15, 0.2) is 47.5 Å². The van der Waals surface area contributed by atoms with Crippen molar-refractivity contribution in [2.24, 2.45) is 4.99 Å². The number of hydrogen-bond donors (Lipinski definition) is 3. The van der Waals surface area contributed by atoms with Crippen LogP contribution in [0.1, 0.15) is 54.7 Å². The second kappa shape index (κ2) is 10.3. The van der Waals surface area contributed by atoms with E-state index < -0.39 is 0 Å². The number of aryl methyl sites for hydroxylation is 1. The summed E-state index contributed by atoms with van der Waals surface area (Å²) in [5.41, 5.74) is 2.52. The Kier molecular flexibility index (Phi) is 6.79. The van der Waals surface area contributed by atoms with E-state index in [0.29, 0.717) is 11.5 Å². The molecule has 0 unspecified atom stereocenters. The van der Waals surface area contributed by atoms with Gasteiger partial charge in [0.2, 0.25) is 5.82 Å². The number of aliphatic imine (C=N–C) groups is 1. The Balaban J connectivity index is 1.44. The molecule has 1 amide bonds. The maximum absolute atomic E-state index is 13.1. The molecule has 1 aromatic heterocycles. The fourth-order valence-corrected chi connectivity index (χ4v) is 4.81. The Labute approximate surface area is 205 Å². The Hall–Kier alpha value is -3.68. The van der Waals surface area contributed by atoms with Crippen molar-refractivity contribution in [2.75, 3.05) is 24.3 Å². The monoisotopic (exact) mass is 472 g/mol. The zero-order chi connectivity index (χ0) is 24.2. The number of carbonyl (C=O) groups is 1. The van der Waals surface area contributed by atoms with Crippen LogP contribution in [0.4, 0.5) is 11.5 Å². The number of ether oxygens (including phenoxy) is 1. The molecule has 2 heterocycles. The number of nitrogens with zero attached hydrogens (tertiary/aromatic N) is 3. The molecule has 1 saturated heterocycles. The van der Waals surface area contributed by atoms with Crippen LogP contribution in [-0.2, 0) is 0 Å². The van der Waals surface area contributed by atoms with Gasteiger partial charge in [0.15, 0.2) is 0 Å². The van der Waals surface area contributed by atoms with Crippen LogP contribution in [0.25, 0.3) is 10.9 Å². The van der Waals surface area contributed by atoms with Gasteiger partial charge >= 0.3 is 0 Å². The predicted molar refractivity (Wildman–Crippen MR) is 140 cm³/mol. The molecule has 182 valence electrons. The van der Waals surface area contributed by atoms with E-state index in [1.54, 1.807) is 31.4 Å². The van der Waals surface area contributed by atoms with E-state index in [2.05, 4.69) is 33.9 Å². The Morgan fingerprint density at radius 1 is 1.09 bits per heavy atom. The molecule has 8 heteroatoms. The summed E-state index contributed by atoms with van der Waals surface area (Å²) in [6.45, 7) is 3.06. The number of carbonyl (C=O) groups excluding carboxylic acids is 1. The van der Waals surface area contributed by atoms with Gasteiger partial charge in [-0.15, -0.1) is 0 Å². The van der Waals surface area contributed by atoms with Crippen molar-refractivity contribution in [1.29, 1.82) is 0 Å². The highest BCUT2D eigenvalue weighted by Crippen LogP contribution is 2.29. The highest BCUT2D eigenvalue weighted by molar-refractivity contribution is 6.04. The summed E-state index contributed by atoms with van der Waals surface area (Å²) in [6, 6.07) is 13.6. The summed E-state index contributed by atoms with van der Waals surface area (Å²) in [6.07, 6.45) is 6.57.